The van der Waals surface area contributed by atoms with E-state index in [1.165, 1.54) is 12.0 Å². The van der Waals surface area contributed by atoms with E-state index in [0.717, 1.165) is 0 Å². The Kier molecular flexibility index (Phi) is 11.6. The zero-order chi connectivity index (χ0) is 39.0. The van der Waals surface area contributed by atoms with Crippen LogP contribution in [-0.2, 0) is 33.4 Å². The van der Waals surface area contributed by atoms with Crippen molar-refractivity contribution in [2.45, 2.75) is 95.4 Å². The number of fused-ring (bicyclic) bond motifs is 2. The molecule has 4 heterocycles. The fraction of sp³-hybridized carbons (Fsp3) is 0.524. The first-order chi connectivity index (χ1) is 25.6. The average Bonchev–Trinajstić information content (AvgIpc) is 3.71. The minimum absolute atomic E-state index is 0.0480. The van der Waals surface area contributed by atoms with E-state index in [2.05, 4.69) is 42.0 Å². The number of nitrogens with one attached hydrogen (secondary N) is 1. The second-order valence-corrected chi connectivity index (χ2v) is 17.5. The number of nitrogens with zero attached hydrogens (tertiary/aromatic N) is 2. The molecule has 0 radical (unpaired) electrons. The minimum atomic E-state index is -1.56. The Morgan fingerprint density at radius 1 is 0.963 bits per heavy atom. The lowest BCUT2D eigenvalue weighted by atomic mass is 9.74. The summed E-state index contributed by atoms with van der Waals surface area (Å²) in [5.41, 5.74) is -1.16. The molecule has 4 aliphatic heterocycles. The average molecular weight is 807 g/mol. The summed E-state index contributed by atoms with van der Waals surface area (Å²) in [7, 11) is 1.51. The van der Waals surface area contributed by atoms with Crippen molar-refractivity contribution in [2.24, 2.45) is 17.3 Å². The number of rotatable bonds is 8. The van der Waals surface area contributed by atoms with Gasteiger partial charge in [0.1, 0.15) is 29.8 Å². The molecule has 12 heteroatoms. The van der Waals surface area contributed by atoms with Gasteiger partial charge in [-0.15, -0.1) is 0 Å². The van der Waals surface area contributed by atoms with Gasteiger partial charge < -0.3 is 34.4 Å². The molecule has 3 amide bonds. The van der Waals surface area contributed by atoms with Crippen LogP contribution in [0.5, 0.6) is 0 Å². The Labute approximate surface area is 326 Å². The number of cyclic esters (lactones) is 1. The summed E-state index contributed by atoms with van der Waals surface area (Å²) in [5.74, 6) is -4.11. The van der Waals surface area contributed by atoms with Crippen LogP contribution in [0, 0.1) is 17.3 Å². The molecule has 0 aromatic heterocycles. The van der Waals surface area contributed by atoms with Crippen LogP contribution in [0.15, 0.2) is 83.4 Å². The van der Waals surface area contributed by atoms with Gasteiger partial charge in [-0.05, 0) is 49.3 Å². The van der Waals surface area contributed by atoms with Gasteiger partial charge in [-0.2, -0.15) is 0 Å². The van der Waals surface area contributed by atoms with E-state index in [-0.39, 0.29) is 36.8 Å². The van der Waals surface area contributed by atoms with Gasteiger partial charge in [0.05, 0.1) is 31.2 Å². The Morgan fingerprint density at radius 3 is 2.26 bits per heavy atom. The molecule has 2 aromatic carbocycles. The maximum atomic E-state index is 15.6. The third-order valence-electron chi connectivity index (χ3n) is 10.9. The second-order valence-electron chi connectivity index (χ2n) is 16.6. The molecule has 2 aromatic rings. The molecule has 8 atom stereocenters. The first-order valence-corrected chi connectivity index (χ1v) is 19.5. The summed E-state index contributed by atoms with van der Waals surface area (Å²) in [6.07, 6.45) is 4.84. The third kappa shape index (κ3) is 7.54. The number of hydrogen-bond donors (Lipinski definition) is 2. The van der Waals surface area contributed by atoms with Crippen LogP contribution in [0.4, 0.5) is 0 Å². The van der Waals surface area contributed by atoms with Crippen LogP contribution in [0.1, 0.15) is 77.2 Å². The van der Waals surface area contributed by atoms with Crippen LogP contribution in [0.2, 0.25) is 0 Å². The zero-order valence-corrected chi connectivity index (χ0v) is 33.5. The Morgan fingerprint density at radius 2 is 1.63 bits per heavy atom. The van der Waals surface area contributed by atoms with Crippen LogP contribution in [0.3, 0.4) is 0 Å². The number of methoxy groups -OCH3 is 1. The minimum Gasteiger partial charge on any atom is -0.455 e. The normalized spacial score (nSPS) is 30.5. The molecule has 6 rings (SSSR count). The summed E-state index contributed by atoms with van der Waals surface area (Å²) in [4.78, 5) is 62.1. The van der Waals surface area contributed by atoms with Gasteiger partial charge in [0.25, 0.3) is 0 Å². The first kappa shape index (κ1) is 39.8. The topological polar surface area (TPSA) is 135 Å². The fourth-order valence-corrected chi connectivity index (χ4v) is 9.89. The number of benzene rings is 2. The molecule has 0 unspecified atom stereocenters. The van der Waals surface area contributed by atoms with Crippen molar-refractivity contribution < 1.29 is 38.5 Å². The van der Waals surface area contributed by atoms with E-state index < -0.39 is 71.8 Å². The smallest absolute Gasteiger partial charge is 0.313 e. The monoisotopic (exact) mass is 805 g/mol. The predicted molar refractivity (Wildman–Crippen MR) is 206 cm³/mol. The van der Waals surface area contributed by atoms with Crippen LogP contribution < -0.4 is 5.32 Å². The number of amides is 3. The van der Waals surface area contributed by atoms with E-state index >= 15 is 9.59 Å². The molecule has 5 bridgehead atoms. The number of halogens is 1. The number of aliphatic hydroxyl groups is 1. The molecule has 2 N–H and O–H groups in total. The fourth-order valence-electron chi connectivity index (χ4n) is 9.15. The summed E-state index contributed by atoms with van der Waals surface area (Å²) in [6.45, 7) is 10.1. The second kappa shape index (κ2) is 15.7. The van der Waals surface area contributed by atoms with Crippen LogP contribution >= 0.6 is 15.9 Å². The predicted octanol–water partition coefficient (Wildman–Crippen LogP) is 5.40. The quantitative estimate of drug-likeness (QED) is 0.268. The van der Waals surface area contributed by atoms with E-state index in [9.17, 15) is 14.7 Å². The van der Waals surface area contributed by atoms with Crippen molar-refractivity contribution in [1.82, 2.24) is 15.1 Å². The molecule has 1 spiro atoms. The molecule has 290 valence electrons. The molecular formula is C42H52BrN3O8. The highest BCUT2D eigenvalue weighted by atomic mass is 79.9. The Bertz CT molecular complexity index is 1780. The number of ether oxygens (including phenoxy) is 3. The standard InChI is InChI=1S/C42H52BrN3O8/c1-40(2,3)25-41(4,5)45-21-15-9-14-20-31(48)44-29(24-52-6)34(27-18-12-8-13-19-27)53-39(51)32-33-37(49)46(30(23-47)26-16-10-7-11-17-26)36(38(45)50)42(33)22-28(43)35(32)54-42/h7-13,15-19,22,29-30,32-36,47H,14,20-21,23-25H2,1-6H3,(H,44,48)/b15-9-/t29-,30-,32+,33-,34-,35+,36+,42-/m1/s1. The van der Waals surface area contributed by atoms with Crippen LogP contribution in [-0.4, -0.2) is 94.8 Å². The third-order valence-corrected chi connectivity index (χ3v) is 11.6. The maximum absolute atomic E-state index is 15.6. The van der Waals surface area contributed by atoms with Crippen molar-refractivity contribution in [1.29, 1.82) is 0 Å². The first-order valence-electron chi connectivity index (χ1n) is 18.7. The molecule has 4 aliphatic rings. The highest BCUT2D eigenvalue weighted by molar-refractivity contribution is 9.11. The van der Waals surface area contributed by atoms with Gasteiger partial charge >= 0.3 is 5.97 Å². The molecular weight excluding hydrogens is 754 g/mol. The molecule has 54 heavy (non-hydrogen) atoms. The Hall–Kier alpha value is -3.84. The number of carbonyl (C=O) groups excluding carboxylic acids is 4. The zero-order valence-electron chi connectivity index (χ0n) is 31.9. The van der Waals surface area contributed by atoms with Crippen molar-refractivity contribution in [2.75, 3.05) is 26.9 Å². The van der Waals surface area contributed by atoms with Crippen LogP contribution in [0.25, 0.3) is 0 Å². The lowest BCUT2D eigenvalue weighted by Gasteiger charge is -2.46. The van der Waals surface area contributed by atoms with E-state index in [1.807, 2.05) is 86.7 Å². The van der Waals surface area contributed by atoms with E-state index in [4.69, 9.17) is 14.2 Å². The largest absolute Gasteiger partial charge is 0.455 e. The van der Waals surface area contributed by atoms with Crippen molar-refractivity contribution >= 4 is 39.6 Å². The Balaban J connectivity index is 1.53. The molecule has 0 saturated carbocycles. The highest BCUT2D eigenvalue weighted by Gasteiger charge is 2.76. The van der Waals surface area contributed by atoms with Gasteiger partial charge in [0.15, 0.2) is 0 Å². The summed E-state index contributed by atoms with van der Waals surface area (Å²) < 4.78 is 19.2. The number of likely N-dealkylation sites (tertiary alicyclic amines) is 1. The molecule has 0 aliphatic carbocycles. The van der Waals surface area contributed by atoms with E-state index in [1.54, 1.807) is 11.0 Å². The van der Waals surface area contributed by atoms with Crippen molar-refractivity contribution in [3.63, 3.8) is 0 Å². The maximum Gasteiger partial charge on any atom is 0.313 e. The number of aliphatic hydroxyl groups excluding tert-OH is 1. The van der Waals surface area contributed by atoms with Gasteiger partial charge in [0, 0.05) is 30.1 Å². The van der Waals surface area contributed by atoms with Gasteiger partial charge in [-0.3, -0.25) is 19.2 Å². The summed E-state index contributed by atoms with van der Waals surface area (Å²) in [6, 6.07) is 15.3. The molecule has 2 saturated heterocycles. The number of hydrogen-bond acceptors (Lipinski definition) is 8. The highest BCUT2D eigenvalue weighted by Crippen LogP contribution is 2.60. The van der Waals surface area contributed by atoms with Gasteiger partial charge in [-0.1, -0.05) is 110 Å². The van der Waals surface area contributed by atoms with Crippen molar-refractivity contribution in [3.8, 4) is 0 Å². The number of carbonyl (C=O) groups is 4. The van der Waals surface area contributed by atoms with Gasteiger partial charge in [0.2, 0.25) is 17.7 Å². The van der Waals surface area contributed by atoms with E-state index in [0.29, 0.717) is 28.5 Å². The summed E-state index contributed by atoms with van der Waals surface area (Å²) >= 11 is 3.65. The lowest BCUT2D eigenvalue weighted by Crippen LogP contribution is -2.61. The molecule has 11 nitrogen and oxygen atoms in total. The SMILES string of the molecule is COC[C@H]1NC(=O)CC/C=C\CN(C(C)(C)CC(C)(C)C)C(=O)[C@@H]2N([C@H](CO)c3ccccc3)C(=O)[C@H]3[C@H](C(=O)O[C@@H]1c1ccccc1)[C@H]1O[C@@]23C=C1Br. The lowest BCUT2D eigenvalue weighted by molar-refractivity contribution is -0.163. The molecule has 2 fully saturated rings. The number of esters is 1. The number of allylic oxidation sites excluding steroid dienone is 1. The van der Waals surface area contributed by atoms with Gasteiger partial charge in [-0.25, -0.2) is 0 Å². The van der Waals surface area contributed by atoms with Crippen molar-refractivity contribution in [3.05, 3.63) is 94.5 Å². The summed E-state index contributed by atoms with van der Waals surface area (Å²) in [5, 5.41) is 14.0.